The van der Waals surface area contributed by atoms with Crippen molar-refractivity contribution in [2.24, 2.45) is 0 Å². The summed E-state index contributed by atoms with van der Waals surface area (Å²) in [7, 11) is 1.69. The molecule has 0 fully saturated rings. The van der Waals surface area contributed by atoms with E-state index in [2.05, 4.69) is 41.3 Å². The van der Waals surface area contributed by atoms with Crippen LogP contribution in [-0.2, 0) is 19.6 Å². The van der Waals surface area contributed by atoms with E-state index >= 15 is 0 Å². The molecule has 154 valence electrons. The lowest BCUT2D eigenvalue weighted by atomic mass is 9.90. The van der Waals surface area contributed by atoms with Crippen molar-refractivity contribution >= 4 is 22.9 Å². The van der Waals surface area contributed by atoms with E-state index in [0.717, 1.165) is 58.9 Å². The van der Waals surface area contributed by atoms with Crippen molar-refractivity contribution in [1.29, 1.82) is 0 Å². The molecule has 5 heteroatoms. The van der Waals surface area contributed by atoms with E-state index in [4.69, 9.17) is 18.3 Å². The molecule has 31 heavy (non-hydrogen) atoms. The first kappa shape index (κ1) is 18.1. The third-order valence-corrected chi connectivity index (χ3v) is 6.14. The zero-order valence-electron chi connectivity index (χ0n) is 17.3. The van der Waals surface area contributed by atoms with E-state index < -0.39 is 0 Å². The Morgan fingerprint density at radius 2 is 2.00 bits per heavy atom. The van der Waals surface area contributed by atoms with E-state index in [1.807, 2.05) is 24.3 Å². The standard InChI is InChI=1S/C26H22NO4/c1-28-23-8-7-18-11-22-20-13-25-24(30-16-31-25)12-19(20)9-10-27(22)14-21(18)26(23)29-15-17-5-3-2-4-6-17/h2-8,11-13,16H,9-10,14-15H2,1H3/q+1. The van der Waals surface area contributed by atoms with Gasteiger partial charge in [0.2, 0.25) is 0 Å². The second-order valence-electron chi connectivity index (χ2n) is 7.93. The molecule has 1 aromatic heterocycles. The van der Waals surface area contributed by atoms with E-state index in [-0.39, 0.29) is 0 Å². The molecule has 0 spiro atoms. The van der Waals surface area contributed by atoms with E-state index in [9.17, 15) is 0 Å². The highest BCUT2D eigenvalue weighted by molar-refractivity contribution is 5.89. The van der Waals surface area contributed by atoms with Crippen LogP contribution < -0.4 is 9.47 Å². The Bertz CT molecular complexity index is 1310. The number of rotatable bonds is 4. The van der Waals surface area contributed by atoms with Crippen molar-refractivity contribution in [3.05, 3.63) is 88.9 Å². The van der Waals surface area contributed by atoms with Gasteiger partial charge >= 0.3 is 17.6 Å². The summed E-state index contributed by atoms with van der Waals surface area (Å²) >= 11 is 0. The Hall–Kier alpha value is -3.73. The molecule has 0 saturated carbocycles. The largest absolute Gasteiger partial charge is 0.493 e. The molecule has 0 saturated heterocycles. The molecule has 0 radical (unpaired) electrons. The summed E-state index contributed by atoms with van der Waals surface area (Å²) in [4.78, 5) is 2.41. The number of fused-ring (bicyclic) bond motifs is 5. The monoisotopic (exact) mass is 412 g/mol. The van der Waals surface area contributed by atoms with Crippen LogP contribution in [-0.4, -0.2) is 18.6 Å². The molecule has 0 amide bonds. The minimum Gasteiger partial charge on any atom is -0.493 e. The number of ether oxygens (including phenoxy) is 2. The Labute approximate surface area is 180 Å². The quantitative estimate of drug-likeness (QED) is 0.399. The lowest BCUT2D eigenvalue weighted by molar-refractivity contribution is 0.274. The summed E-state index contributed by atoms with van der Waals surface area (Å²) in [5.41, 5.74) is 8.73. The first-order chi connectivity index (χ1) is 15.3. The SMILES string of the molecule is COc1ccc2c(c1OCc1ccccc1)CN1CCc3cc4oc[o+]c4cc3C1=C2. The molecule has 0 unspecified atom stereocenters. The van der Waals surface area contributed by atoms with Gasteiger partial charge in [-0.3, -0.25) is 8.83 Å². The number of benzene rings is 3. The van der Waals surface area contributed by atoms with Gasteiger partial charge in [0.15, 0.2) is 11.5 Å². The molecule has 2 aliphatic rings. The maximum atomic E-state index is 6.30. The molecule has 0 N–H and O–H groups in total. The zero-order chi connectivity index (χ0) is 20.8. The first-order valence-electron chi connectivity index (χ1n) is 10.5. The first-order valence-corrected chi connectivity index (χ1v) is 10.5. The predicted molar refractivity (Wildman–Crippen MR) is 119 cm³/mol. The number of methoxy groups -OCH3 is 1. The van der Waals surface area contributed by atoms with Crippen molar-refractivity contribution in [1.82, 2.24) is 4.90 Å². The normalized spacial score (nSPS) is 14.5. The van der Waals surface area contributed by atoms with Crippen LogP contribution in [0.5, 0.6) is 11.5 Å². The minimum atomic E-state index is 0.507. The predicted octanol–water partition coefficient (Wildman–Crippen LogP) is 5.76. The Morgan fingerprint density at radius 3 is 2.87 bits per heavy atom. The van der Waals surface area contributed by atoms with Crippen LogP contribution in [0.1, 0.15) is 27.8 Å². The molecule has 5 nitrogen and oxygen atoms in total. The highest BCUT2D eigenvalue weighted by Gasteiger charge is 2.30. The molecular formula is C26H22NO4+. The van der Waals surface area contributed by atoms with Crippen LogP contribution in [0.3, 0.4) is 0 Å². The molecule has 4 aromatic rings. The maximum Gasteiger partial charge on any atom is 0.485 e. The van der Waals surface area contributed by atoms with Gasteiger partial charge in [-0.25, -0.2) is 0 Å². The summed E-state index contributed by atoms with van der Waals surface area (Å²) < 4.78 is 22.9. The van der Waals surface area contributed by atoms with Crippen LogP contribution in [0.2, 0.25) is 0 Å². The van der Waals surface area contributed by atoms with Crippen LogP contribution in [0.25, 0.3) is 22.9 Å². The molecule has 2 aliphatic heterocycles. The van der Waals surface area contributed by atoms with E-state index in [0.29, 0.717) is 6.61 Å². The zero-order valence-corrected chi connectivity index (χ0v) is 17.3. The van der Waals surface area contributed by atoms with Gasteiger partial charge in [-0.1, -0.05) is 36.4 Å². The van der Waals surface area contributed by atoms with Crippen LogP contribution >= 0.6 is 0 Å². The maximum absolute atomic E-state index is 6.30. The molecule has 0 bridgehead atoms. The average molecular weight is 412 g/mol. The smallest absolute Gasteiger partial charge is 0.485 e. The fourth-order valence-corrected chi connectivity index (χ4v) is 4.55. The topological polar surface area (TPSA) is 46.1 Å². The number of nitrogens with zero attached hydrogens (tertiary/aromatic N) is 1. The summed E-state index contributed by atoms with van der Waals surface area (Å²) in [6, 6.07) is 18.5. The molecule has 0 aliphatic carbocycles. The fraction of sp³-hybridized carbons (Fsp3) is 0.192. The van der Waals surface area contributed by atoms with E-state index in [1.54, 1.807) is 7.11 Å². The lowest BCUT2D eigenvalue weighted by Crippen LogP contribution is -2.31. The Balaban J connectivity index is 1.42. The average Bonchev–Trinajstić information content (AvgIpc) is 3.28. The van der Waals surface area contributed by atoms with Gasteiger partial charge in [-0.15, -0.1) is 0 Å². The minimum absolute atomic E-state index is 0.507. The van der Waals surface area contributed by atoms with Crippen LogP contribution in [0, 0.1) is 0 Å². The highest BCUT2D eigenvalue weighted by atomic mass is 16.5. The lowest BCUT2D eigenvalue weighted by Gasteiger charge is -2.37. The van der Waals surface area contributed by atoms with Crippen molar-refractivity contribution in [3.63, 3.8) is 0 Å². The fourth-order valence-electron chi connectivity index (χ4n) is 4.55. The second kappa shape index (κ2) is 7.20. The Morgan fingerprint density at radius 1 is 1.10 bits per heavy atom. The molecule has 3 aromatic carbocycles. The summed E-state index contributed by atoms with van der Waals surface area (Å²) in [6.07, 6.45) is 3.21. The summed E-state index contributed by atoms with van der Waals surface area (Å²) in [5.74, 6) is 1.59. The molecular weight excluding hydrogens is 390 g/mol. The van der Waals surface area contributed by atoms with Gasteiger partial charge < -0.3 is 14.4 Å². The van der Waals surface area contributed by atoms with Gasteiger partial charge in [0.1, 0.15) is 6.61 Å². The van der Waals surface area contributed by atoms with Gasteiger partial charge in [0.25, 0.3) is 0 Å². The van der Waals surface area contributed by atoms with Crippen LogP contribution in [0.4, 0.5) is 0 Å². The second-order valence-corrected chi connectivity index (χ2v) is 7.93. The van der Waals surface area contributed by atoms with Crippen molar-refractivity contribution in [2.45, 2.75) is 19.6 Å². The summed E-state index contributed by atoms with van der Waals surface area (Å²) in [5, 5.41) is 0. The van der Waals surface area contributed by atoms with Crippen LogP contribution in [0.15, 0.2) is 69.9 Å². The van der Waals surface area contributed by atoms with Gasteiger partial charge in [-0.2, -0.15) is 0 Å². The third kappa shape index (κ3) is 3.05. The van der Waals surface area contributed by atoms with Gasteiger partial charge in [-0.05, 0) is 35.3 Å². The number of hydrogen-bond acceptors (Lipinski definition) is 4. The van der Waals surface area contributed by atoms with Gasteiger partial charge in [0.05, 0.1) is 7.11 Å². The molecule has 6 rings (SSSR count). The van der Waals surface area contributed by atoms with Gasteiger partial charge in [0, 0.05) is 42.0 Å². The van der Waals surface area contributed by atoms with Crippen molar-refractivity contribution in [3.8, 4) is 11.5 Å². The van der Waals surface area contributed by atoms with Crippen molar-refractivity contribution in [2.75, 3.05) is 13.7 Å². The molecule has 3 heterocycles. The Kier molecular flexibility index (Phi) is 4.20. The van der Waals surface area contributed by atoms with E-state index in [1.165, 1.54) is 23.3 Å². The third-order valence-electron chi connectivity index (χ3n) is 6.14. The molecule has 0 atom stereocenters. The highest BCUT2D eigenvalue weighted by Crippen LogP contribution is 2.43. The summed E-state index contributed by atoms with van der Waals surface area (Å²) in [6.45, 7) is 3.62. The number of hydrogen-bond donors (Lipinski definition) is 0. The van der Waals surface area contributed by atoms with Crippen molar-refractivity contribution < 1.29 is 18.3 Å².